The fraction of sp³-hybridized carbons (Fsp3) is 0.400. The van der Waals surface area contributed by atoms with Crippen molar-refractivity contribution in [3.8, 4) is 0 Å². The van der Waals surface area contributed by atoms with E-state index in [0.29, 0.717) is 13.2 Å². The first-order valence-corrected chi connectivity index (χ1v) is 6.49. The van der Waals surface area contributed by atoms with E-state index in [0.717, 1.165) is 12.1 Å². The second-order valence-corrected chi connectivity index (χ2v) is 5.04. The van der Waals surface area contributed by atoms with E-state index in [2.05, 4.69) is 0 Å². The normalized spacial score (nSPS) is 11.1. The van der Waals surface area contributed by atoms with Crippen LogP contribution in [0.25, 0.3) is 0 Å². The second-order valence-electron chi connectivity index (χ2n) is 3.04. The smallest absolute Gasteiger partial charge is 0.356 e. The first-order valence-electron chi connectivity index (χ1n) is 4.97. The molecule has 0 bridgehead atoms. The van der Waals surface area contributed by atoms with Gasteiger partial charge >= 0.3 is 9.28 Å². The monoisotopic (exact) mass is 250 g/mol. The Morgan fingerprint density at radius 3 is 1.81 bits per heavy atom. The molecule has 6 heteroatoms. The largest absolute Gasteiger partial charge is 0.394 e. The molecule has 90 valence electrons. The molecule has 0 spiro atoms. The molecule has 16 heavy (non-hydrogen) atoms. The van der Waals surface area contributed by atoms with Crippen molar-refractivity contribution in [2.75, 3.05) is 13.2 Å². The van der Waals surface area contributed by atoms with Crippen LogP contribution in [0.4, 0.5) is 13.2 Å². The lowest BCUT2D eigenvalue weighted by Crippen LogP contribution is -2.37. The Balaban J connectivity index is 3.00. The summed E-state index contributed by atoms with van der Waals surface area (Å²) in [6, 6.07) is 1.86. The van der Waals surface area contributed by atoms with Crippen LogP contribution in [0.3, 0.4) is 0 Å². The van der Waals surface area contributed by atoms with Crippen LogP contribution in [-0.2, 0) is 8.85 Å². The summed E-state index contributed by atoms with van der Waals surface area (Å²) in [5.74, 6) is -3.90. The zero-order chi connectivity index (χ0) is 12.1. The maximum absolute atomic E-state index is 13.0. The standard InChI is InChI=1S/C10H13F3O2Si/c1-3-14-16(15-4-2)7-5-8(11)10(13)9(12)6-7/h5-6,16H,3-4H2,1-2H3. The lowest BCUT2D eigenvalue weighted by atomic mass is 10.3. The average molecular weight is 250 g/mol. The van der Waals surface area contributed by atoms with Gasteiger partial charge in [0.15, 0.2) is 17.5 Å². The summed E-state index contributed by atoms with van der Waals surface area (Å²) in [5, 5.41) is 0.264. The van der Waals surface area contributed by atoms with Crippen molar-refractivity contribution >= 4 is 14.5 Å². The molecule has 0 aliphatic rings. The minimum atomic E-state index is -2.32. The summed E-state index contributed by atoms with van der Waals surface area (Å²) in [6.07, 6.45) is 0. The summed E-state index contributed by atoms with van der Waals surface area (Å²) in [7, 11) is -2.32. The highest BCUT2D eigenvalue weighted by molar-refractivity contribution is 6.61. The van der Waals surface area contributed by atoms with Crippen molar-refractivity contribution < 1.29 is 22.0 Å². The van der Waals surface area contributed by atoms with Gasteiger partial charge in [-0.25, -0.2) is 13.2 Å². The molecule has 0 N–H and O–H groups in total. The number of hydrogen-bond donors (Lipinski definition) is 0. The molecule has 0 saturated heterocycles. The van der Waals surface area contributed by atoms with E-state index in [1.807, 2.05) is 0 Å². The van der Waals surface area contributed by atoms with E-state index in [1.54, 1.807) is 13.8 Å². The molecule has 0 amide bonds. The SMILES string of the molecule is CCO[SiH](OCC)c1cc(F)c(F)c(F)c1. The minimum absolute atomic E-state index is 0.264. The van der Waals surface area contributed by atoms with Crippen molar-refractivity contribution in [3.63, 3.8) is 0 Å². The Morgan fingerprint density at radius 1 is 1.00 bits per heavy atom. The summed E-state index contributed by atoms with van der Waals surface area (Å²) >= 11 is 0. The van der Waals surface area contributed by atoms with Gasteiger partial charge in [0.2, 0.25) is 0 Å². The Hall–Kier alpha value is -0.853. The first-order chi connectivity index (χ1) is 7.60. The van der Waals surface area contributed by atoms with Crippen LogP contribution in [0.1, 0.15) is 13.8 Å². The fourth-order valence-corrected chi connectivity index (χ4v) is 2.91. The highest BCUT2D eigenvalue weighted by Crippen LogP contribution is 2.09. The van der Waals surface area contributed by atoms with Crippen molar-refractivity contribution in [2.45, 2.75) is 13.8 Å². The molecule has 0 aliphatic carbocycles. The maximum atomic E-state index is 13.0. The van der Waals surface area contributed by atoms with Crippen LogP contribution < -0.4 is 5.19 Å². The molecular weight excluding hydrogens is 237 g/mol. The van der Waals surface area contributed by atoms with Crippen LogP contribution >= 0.6 is 0 Å². The van der Waals surface area contributed by atoms with Crippen molar-refractivity contribution in [3.05, 3.63) is 29.6 Å². The van der Waals surface area contributed by atoms with Crippen LogP contribution in [0.15, 0.2) is 12.1 Å². The Morgan fingerprint density at radius 2 is 1.44 bits per heavy atom. The topological polar surface area (TPSA) is 18.5 Å². The highest BCUT2D eigenvalue weighted by atomic mass is 28.3. The molecule has 0 fully saturated rings. The second kappa shape index (κ2) is 6.02. The van der Waals surface area contributed by atoms with E-state index in [4.69, 9.17) is 8.85 Å². The van der Waals surface area contributed by atoms with E-state index in [9.17, 15) is 13.2 Å². The van der Waals surface area contributed by atoms with Gasteiger partial charge in [-0.15, -0.1) is 0 Å². The van der Waals surface area contributed by atoms with Crippen LogP contribution in [0.5, 0.6) is 0 Å². The van der Waals surface area contributed by atoms with E-state index < -0.39 is 26.7 Å². The molecule has 2 nitrogen and oxygen atoms in total. The number of benzene rings is 1. The van der Waals surface area contributed by atoms with Crippen LogP contribution in [-0.4, -0.2) is 22.5 Å². The van der Waals surface area contributed by atoms with Gasteiger partial charge in [0.05, 0.1) is 0 Å². The average Bonchev–Trinajstić information content (AvgIpc) is 2.25. The number of rotatable bonds is 5. The van der Waals surface area contributed by atoms with Crippen molar-refractivity contribution in [1.82, 2.24) is 0 Å². The maximum Gasteiger partial charge on any atom is 0.356 e. The molecule has 1 rings (SSSR count). The van der Waals surface area contributed by atoms with E-state index in [1.165, 1.54) is 0 Å². The zero-order valence-corrected chi connectivity index (χ0v) is 10.3. The zero-order valence-electron chi connectivity index (χ0n) is 9.10. The Bertz CT molecular complexity index is 331. The summed E-state index contributed by atoms with van der Waals surface area (Å²) < 4.78 is 49.2. The molecule has 0 heterocycles. The molecule has 0 unspecified atom stereocenters. The van der Waals surface area contributed by atoms with Gasteiger partial charge in [-0.1, -0.05) is 0 Å². The van der Waals surface area contributed by atoms with E-state index in [-0.39, 0.29) is 5.19 Å². The molecule has 0 radical (unpaired) electrons. The lowest BCUT2D eigenvalue weighted by molar-refractivity contribution is 0.225. The molecule has 0 atom stereocenters. The quantitative estimate of drug-likeness (QED) is 0.584. The minimum Gasteiger partial charge on any atom is -0.394 e. The fourth-order valence-electron chi connectivity index (χ4n) is 1.25. The predicted octanol–water partition coefficient (Wildman–Crippen LogP) is 1.60. The van der Waals surface area contributed by atoms with Gasteiger partial charge < -0.3 is 8.85 Å². The van der Waals surface area contributed by atoms with Gasteiger partial charge in [0.25, 0.3) is 0 Å². The highest BCUT2D eigenvalue weighted by Gasteiger charge is 2.20. The summed E-state index contributed by atoms with van der Waals surface area (Å²) in [6.45, 7) is 4.29. The number of halogens is 3. The Kier molecular flexibility index (Phi) is 4.97. The molecule has 1 aromatic carbocycles. The molecule has 0 aromatic heterocycles. The first kappa shape index (κ1) is 13.2. The third kappa shape index (κ3) is 3.07. The molecule has 0 aliphatic heterocycles. The molecule has 1 aromatic rings. The Labute approximate surface area is 93.8 Å². The van der Waals surface area contributed by atoms with Crippen LogP contribution in [0, 0.1) is 17.5 Å². The van der Waals surface area contributed by atoms with Gasteiger partial charge in [-0.05, 0) is 31.2 Å². The third-order valence-electron chi connectivity index (χ3n) is 1.91. The third-order valence-corrected chi connectivity index (χ3v) is 4.06. The van der Waals surface area contributed by atoms with Gasteiger partial charge in [0.1, 0.15) is 0 Å². The molecule has 0 saturated carbocycles. The predicted molar refractivity (Wildman–Crippen MR) is 56.4 cm³/mol. The van der Waals surface area contributed by atoms with Crippen molar-refractivity contribution in [2.24, 2.45) is 0 Å². The van der Waals surface area contributed by atoms with Gasteiger partial charge in [0, 0.05) is 13.2 Å². The van der Waals surface area contributed by atoms with E-state index >= 15 is 0 Å². The van der Waals surface area contributed by atoms with Gasteiger partial charge in [-0.3, -0.25) is 0 Å². The van der Waals surface area contributed by atoms with Gasteiger partial charge in [-0.2, -0.15) is 0 Å². The summed E-state index contributed by atoms with van der Waals surface area (Å²) in [4.78, 5) is 0. The molecular formula is C10H13F3O2Si. The lowest BCUT2D eigenvalue weighted by Gasteiger charge is -2.15. The number of hydrogen-bond acceptors (Lipinski definition) is 2. The van der Waals surface area contributed by atoms with Crippen LogP contribution in [0.2, 0.25) is 0 Å². The van der Waals surface area contributed by atoms with Crippen molar-refractivity contribution in [1.29, 1.82) is 0 Å². The summed E-state index contributed by atoms with van der Waals surface area (Å²) in [5.41, 5.74) is 0.